The molecule has 1 amide bonds. The minimum Gasteiger partial charge on any atom is -0.505 e. The van der Waals surface area contributed by atoms with E-state index in [1.54, 1.807) is 26.8 Å². The zero-order valence-corrected chi connectivity index (χ0v) is 11.9. The quantitative estimate of drug-likeness (QED) is 0.740. The SMILES string of the molecule is CC(C(=O)O)c1cccc(NC(=O)OC(C)(C)C)c1O. The second kappa shape index (κ2) is 5.81. The number of phenols is 1. The van der Waals surface area contributed by atoms with Crippen molar-refractivity contribution in [3.8, 4) is 5.75 Å². The zero-order valence-electron chi connectivity index (χ0n) is 11.9. The van der Waals surface area contributed by atoms with E-state index in [1.165, 1.54) is 19.1 Å². The number of para-hydroxylation sites is 1. The third-order valence-electron chi connectivity index (χ3n) is 2.54. The lowest BCUT2D eigenvalue weighted by Crippen LogP contribution is -2.27. The monoisotopic (exact) mass is 281 g/mol. The van der Waals surface area contributed by atoms with Crippen LogP contribution in [0.3, 0.4) is 0 Å². The molecule has 0 saturated carbocycles. The van der Waals surface area contributed by atoms with Crippen molar-refractivity contribution < 1.29 is 24.5 Å². The van der Waals surface area contributed by atoms with E-state index in [1.807, 2.05) is 0 Å². The summed E-state index contributed by atoms with van der Waals surface area (Å²) >= 11 is 0. The second-order valence-electron chi connectivity index (χ2n) is 5.43. The first-order valence-electron chi connectivity index (χ1n) is 6.16. The molecule has 0 aromatic heterocycles. The summed E-state index contributed by atoms with van der Waals surface area (Å²) in [5.41, 5.74) is -0.318. The summed E-state index contributed by atoms with van der Waals surface area (Å²) in [5.74, 6) is -2.21. The molecule has 3 N–H and O–H groups in total. The first-order valence-corrected chi connectivity index (χ1v) is 6.16. The van der Waals surface area contributed by atoms with Gasteiger partial charge in [0.2, 0.25) is 0 Å². The molecule has 1 unspecified atom stereocenters. The van der Waals surface area contributed by atoms with Crippen LogP contribution in [0.2, 0.25) is 0 Å². The van der Waals surface area contributed by atoms with Crippen molar-refractivity contribution in [1.82, 2.24) is 0 Å². The van der Waals surface area contributed by atoms with E-state index < -0.39 is 23.6 Å². The molecule has 0 aliphatic carbocycles. The van der Waals surface area contributed by atoms with Crippen molar-refractivity contribution in [2.75, 3.05) is 5.32 Å². The highest BCUT2D eigenvalue weighted by Gasteiger charge is 2.21. The van der Waals surface area contributed by atoms with Gasteiger partial charge in [0.1, 0.15) is 11.4 Å². The third-order valence-corrected chi connectivity index (χ3v) is 2.54. The van der Waals surface area contributed by atoms with Crippen LogP contribution in [0.4, 0.5) is 10.5 Å². The van der Waals surface area contributed by atoms with Crippen LogP contribution in [-0.4, -0.2) is 27.9 Å². The highest BCUT2D eigenvalue weighted by Crippen LogP contribution is 2.33. The third kappa shape index (κ3) is 4.15. The first-order chi connectivity index (χ1) is 9.11. The molecule has 1 atom stereocenters. The number of aliphatic carboxylic acids is 1. The smallest absolute Gasteiger partial charge is 0.412 e. The standard InChI is InChI=1S/C14H19NO5/c1-8(12(17)18)9-6-5-7-10(11(9)16)15-13(19)20-14(2,3)4/h5-8,16H,1-4H3,(H,15,19)(H,17,18). The Morgan fingerprint density at radius 1 is 1.30 bits per heavy atom. The summed E-state index contributed by atoms with van der Waals surface area (Å²) in [4.78, 5) is 22.6. The van der Waals surface area contributed by atoms with Gasteiger partial charge in [0.15, 0.2) is 0 Å². The lowest BCUT2D eigenvalue weighted by molar-refractivity contribution is -0.138. The molecule has 0 spiro atoms. The van der Waals surface area contributed by atoms with Gasteiger partial charge in [-0.1, -0.05) is 12.1 Å². The Hall–Kier alpha value is -2.24. The van der Waals surface area contributed by atoms with Gasteiger partial charge in [-0.3, -0.25) is 10.1 Å². The Kier molecular flexibility index (Phi) is 4.60. The number of anilines is 1. The molecule has 1 aromatic rings. The van der Waals surface area contributed by atoms with E-state index in [9.17, 15) is 14.7 Å². The topological polar surface area (TPSA) is 95.9 Å². The maximum atomic E-state index is 11.6. The average molecular weight is 281 g/mol. The molecule has 6 heteroatoms. The number of amides is 1. The molecule has 0 radical (unpaired) electrons. The van der Waals surface area contributed by atoms with E-state index in [2.05, 4.69) is 5.32 Å². The number of benzene rings is 1. The summed E-state index contributed by atoms with van der Waals surface area (Å²) in [6, 6.07) is 4.52. The summed E-state index contributed by atoms with van der Waals surface area (Å²) in [6.07, 6.45) is -0.715. The second-order valence-corrected chi connectivity index (χ2v) is 5.43. The normalized spacial score (nSPS) is 12.6. The fraction of sp³-hybridized carbons (Fsp3) is 0.429. The summed E-state index contributed by atoms with van der Waals surface area (Å²) in [5, 5.41) is 21.4. The Morgan fingerprint density at radius 3 is 2.40 bits per heavy atom. The Morgan fingerprint density at radius 2 is 1.90 bits per heavy atom. The van der Waals surface area contributed by atoms with Crippen molar-refractivity contribution in [3.05, 3.63) is 23.8 Å². The Bertz CT molecular complexity index is 519. The van der Waals surface area contributed by atoms with Crippen LogP contribution in [-0.2, 0) is 9.53 Å². The minimum atomic E-state index is -1.06. The van der Waals surface area contributed by atoms with Crippen LogP contribution in [0.15, 0.2) is 18.2 Å². The Balaban J connectivity index is 2.95. The van der Waals surface area contributed by atoms with Crippen molar-refractivity contribution >= 4 is 17.7 Å². The molecule has 110 valence electrons. The predicted molar refractivity (Wildman–Crippen MR) is 74.0 cm³/mol. The number of ether oxygens (including phenoxy) is 1. The van der Waals surface area contributed by atoms with E-state index in [4.69, 9.17) is 9.84 Å². The van der Waals surface area contributed by atoms with Crippen molar-refractivity contribution in [3.63, 3.8) is 0 Å². The molecule has 0 saturated heterocycles. The van der Waals surface area contributed by atoms with Gasteiger partial charge >= 0.3 is 12.1 Å². The number of hydrogen-bond donors (Lipinski definition) is 3. The van der Waals surface area contributed by atoms with Gasteiger partial charge in [0.05, 0.1) is 11.6 Å². The lowest BCUT2D eigenvalue weighted by atomic mass is 9.99. The number of hydrogen-bond acceptors (Lipinski definition) is 4. The van der Waals surface area contributed by atoms with E-state index >= 15 is 0 Å². The molecule has 1 aromatic carbocycles. The highest BCUT2D eigenvalue weighted by molar-refractivity contribution is 5.88. The maximum absolute atomic E-state index is 11.6. The molecular formula is C14H19NO5. The molecule has 0 aliphatic heterocycles. The maximum Gasteiger partial charge on any atom is 0.412 e. The van der Waals surface area contributed by atoms with E-state index in [-0.39, 0.29) is 17.0 Å². The summed E-state index contributed by atoms with van der Waals surface area (Å²) < 4.78 is 5.07. The molecule has 0 heterocycles. The first kappa shape index (κ1) is 15.8. The molecule has 1 rings (SSSR count). The van der Waals surface area contributed by atoms with Gasteiger partial charge < -0.3 is 14.9 Å². The zero-order chi connectivity index (χ0) is 15.5. The van der Waals surface area contributed by atoms with Gasteiger partial charge in [-0.25, -0.2) is 4.79 Å². The molecular weight excluding hydrogens is 262 g/mol. The number of nitrogens with one attached hydrogen (secondary N) is 1. The summed E-state index contributed by atoms with van der Waals surface area (Å²) in [7, 11) is 0. The van der Waals surface area contributed by atoms with Crippen LogP contribution in [0.25, 0.3) is 0 Å². The molecule has 0 bridgehead atoms. The van der Waals surface area contributed by atoms with E-state index in [0.717, 1.165) is 0 Å². The van der Waals surface area contributed by atoms with Crippen LogP contribution in [0.5, 0.6) is 5.75 Å². The van der Waals surface area contributed by atoms with E-state index in [0.29, 0.717) is 0 Å². The average Bonchev–Trinajstić information content (AvgIpc) is 2.28. The fourth-order valence-electron chi connectivity index (χ4n) is 1.56. The summed E-state index contributed by atoms with van der Waals surface area (Å²) in [6.45, 7) is 6.61. The molecule has 0 aliphatic rings. The minimum absolute atomic E-state index is 0.116. The lowest BCUT2D eigenvalue weighted by Gasteiger charge is -2.20. The van der Waals surface area contributed by atoms with Crippen molar-refractivity contribution in [2.45, 2.75) is 39.2 Å². The number of aromatic hydroxyl groups is 1. The van der Waals surface area contributed by atoms with Crippen LogP contribution < -0.4 is 5.32 Å². The number of carbonyl (C=O) groups excluding carboxylic acids is 1. The number of carbonyl (C=O) groups is 2. The number of carboxylic acids is 1. The largest absolute Gasteiger partial charge is 0.505 e. The van der Waals surface area contributed by atoms with Crippen LogP contribution in [0.1, 0.15) is 39.2 Å². The van der Waals surface area contributed by atoms with Crippen LogP contribution in [0, 0.1) is 0 Å². The number of carboxylic acid groups (broad SMARTS) is 1. The number of phenolic OH excluding ortho intramolecular Hbond substituents is 1. The van der Waals surface area contributed by atoms with Crippen molar-refractivity contribution in [1.29, 1.82) is 0 Å². The van der Waals surface area contributed by atoms with Crippen LogP contribution >= 0.6 is 0 Å². The predicted octanol–water partition coefficient (Wildman–Crippen LogP) is 2.93. The fourth-order valence-corrected chi connectivity index (χ4v) is 1.56. The highest BCUT2D eigenvalue weighted by atomic mass is 16.6. The molecule has 6 nitrogen and oxygen atoms in total. The van der Waals surface area contributed by atoms with Gasteiger partial charge in [-0.15, -0.1) is 0 Å². The van der Waals surface area contributed by atoms with Gasteiger partial charge in [0.25, 0.3) is 0 Å². The molecule has 20 heavy (non-hydrogen) atoms. The molecule has 0 fully saturated rings. The van der Waals surface area contributed by atoms with Gasteiger partial charge in [-0.05, 0) is 33.8 Å². The Labute approximate surface area is 117 Å². The number of rotatable bonds is 3. The van der Waals surface area contributed by atoms with Crippen molar-refractivity contribution in [2.24, 2.45) is 0 Å². The van der Waals surface area contributed by atoms with Gasteiger partial charge in [-0.2, -0.15) is 0 Å². The van der Waals surface area contributed by atoms with Gasteiger partial charge in [0, 0.05) is 5.56 Å².